The fourth-order valence-corrected chi connectivity index (χ4v) is 2.99. The first-order valence-corrected chi connectivity index (χ1v) is 4.65. The lowest BCUT2D eigenvalue weighted by atomic mass is 10.3. The van der Waals surface area contributed by atoms with Crippen LogP contribution in [0.2, 0.25) is 0 Å². The van der Waals surface area contributed by atoms with Gasteiger partial charge in [-0.05, 0) is 23.4 Å². The third-order valence-corrected chi connectivity index (χ3v) is 3.70. The Labute approximate surface area is 66.5 Å². The Morgan fingerprint density at radius 3 is 3.33 bits per heavy atom. The normalized spacial score (nSPS) is 24.3. The minimum Gasteiger partial charge on any atom is -0.238 e. The maximum absolute atomic E-state index is 5.86. The summed E-state index contributed by atoms with van der Waals surface area (Å²) in [4.78, 5) is 0. The van der Waals surface area contributed by atoms with E-state index in [4.69, 9.17) is 11.6 Å². The van der Waals surface area contributed by atoms with Crippen LogP contribution >= 0.6 is 34.9 Å². The summed E-state index contributed by atoms with van der Waals surface area (Å²) in [7, 11) is 0. The quantitative estimate of drug-likeness (QED) is 0.372. The number of fused-ring (bicyclic) bond motifs is 1. The predicted octanol–water partition coefficient (Wildman–Crippen LogP) is 2.60. The third-order valence-electron chi connectivity index (χ3n) is 1.19. The van der Waals surface area contributed by atoms with Gasteiger partial charge >= 0.3 is 0 Å². The molecule has 1 aromatic rings. The summed E-state index contributed by atoms with van der Waals surface area (Å²) in [6, 6.07) is 2.06. The number of thiophene rings is 1. The number of halogens is 1. The van der Waals surface area contributed by atoms with Crippen LogP contribution in [-0.2, 0) is 0 Å². The molecule has 0 aliphatic carbocycles. The van der Waals surface area contributed by atoms with Crippen LogP contribution in [0.15, 0.2) is 15.7 Å². The Morgan fingerprint density at radius 2 is 2.56 bits per heavy atom. The van der Waals surface area contributed by atoms with E-state index < -0.39 is 0 Å². The first kappa shape index (κ1) is 6.04. The molecule has 2 heterocycles. The van der Waals surface area contributed by atoms with Crippen molar-refractivity contribution >= 4 is 34.9 Å². The van der Waals surface area contributed by atoms with Crippen LogP contribution < -0.4 is 4.72 Å². The molecule has 0 amide bonds. The summed E-state index contributed by atoms with van der Waals surface area (Å²) in [6.07, 6.45) is 0. The van der Waals surface area contributed by atoms with E-state index >= 15 is 0 Å². The van der Waals surface area contributed by atoms with Gasteiger partial charge < -0.3 is 0 Å². The molecule has 0 aromatic carbocycles. The lowest BCUT2D eigenvalue weighted by Gasteiger charge is -1.94. The number of alkyl halides is 1. The van der Waals surface area contributed by atoms with Crippen LogP contribution in [0.4, 0.5) is 0 Å². The molecule has 0 saturated carbocycles. The topological polar surface area (TPSA) is 12.0 Å². The third kappa shape index (κ3) is 0.884. The molecule has 0 spiro atoms. The van der Waals surface area contributed by atoms with E-state index in [1.54, 1.807) is 23.3 Å². The molecule has 1 aromatic heterocycles. The summed E-state index contributed by atoms with van der Waals surface area (Å²) in [5.41, 5.74) is 1.25. The Bertz CT molecular complexity index is 222. The highest BCUT2D eigenvalue weighted by atomic mass is 35.5. The van der Waals surface area contributed by atoms with Crippen molar-refractivity contribution in [1.29, 1.82) is 0 Å². The summed E-state index contributed by atoms with van der Waals surface area (Å²) >= 11 is 9.21. The molecule has 9 heavy (non-hydrogen) atoms. The largest absolute Gasteiger partial charge is 0.238 e. The van der Waals surface area contributed by atoms with Crippen molar-refractivity contribution in [3.05, 3.63) is 17.0 Å². The molecule has 1 unspecified atom stereocenters. The molecule has 1 aliphatic rings. The zero-order chi connectivity index (χ0) is 6.27. The molecular weight excluding hydrogens is 174 g/mol. The number of hydrogen-bond donors (Lipinski definition) is 1. The first-order chi connectivity index (χ1) is 4.38. The van der Waals surface area contributed by atoms with Gasteiger partial charge in [-0.25, -0.2) is 4.72 Å². The molecule has 1 aliphatic heterocycles. The average Bonchev–Trinajstić information content (AvgIpc) is 2.35. The monoisotopic (exact) mass is 177 g/mol. The highest BCUT2D eigenvalue weighted by Crippen LogP contribution is 2.40. The van der Waals surface area contributed by atoms with Crippen molar-refractivity contribution in [3.8, 4) is 0 Å². The van der Waals surface area contributed by atoms with Gasteiger partial charge in [0.15, 0.2) is 0 Å². The molecule has 4 heteroatoms. The van der Waals surface area contributed by atoms with Crippen LogP contribution in [0, 0.1) is 0 Å². The van der Waals surface area contributed by atoms with Crippen molar-refractivity contribution in [3.63, 3.8) is 0 Å². The number of nitrogens with one attached hydrogen (secondary N) is 1. The second kappa shape index (κ2) is 2.16. The zero-order valence-corrected chi connectivity index (χ0v) is 6.82. The van der Waals surface area contributed by atoms with E-state index in [0.29, 0.717) is 0 Å². The second-order valence-corrected chi connectivity index (χ2v) is 4.20. The van der Waals surface area contributed by atoms with Crippen molar-refractivity contribution in [2.45, 2.75) is 9.71 Å². The summed E-state index contributed by atoms with van der Waals surface area (Å²) < 4.78 is 4.36. The Hall–Kier alpha value is 0.300. The lowest BCUT2D eigenvalue weighted by molar-refractivity contribution is 0.955. The molecular formula is C5H4ClNS2. The second-order valence-electron chi connectivity index (χ2n) is 1.75. The maximum atomic E-state index is 5.86. The highest BCUT2D eigenvalue weighted by Gasteiger charge is 2.20. The van der Waals surface area contributed by atoms with E-state index in [-0.39, 0.29) is 5.50 Å². The smallest absolute Gasteiger partial charge is 0.119 e. The molecule has 48 valence electrons. The minimum atomic E-state index is 0.0243. The Morgan fingerprint density at radius 1 is 1.67 bits per heavy atom. The van der Waals surface area contributed by atoms with E-state index in [1.165, 1.54) is 9.77 Å². The molecule has 2 rings (SSSR count). The van der Waals surface area contributed by atoms with Gasteiger partial charge in [0.1, 0.15) is 5.50 Å². The van der Waals surface area contributed by atoms with Crippen LogP contribution in [0.1, 0.15) is 11.1 Å². The first-order valence-electron chi connectivity index (χ1n) is 2.52. The molecule has 0 fully saturated rings. The number of rotatable bonds is 0. The highest BCUT2D eigenvalue weighted by molar-refractivity contribution is 7.99. The van der Waals surface area contributed by atoms with Crippen molar-refractivity contribution < 1.29 is 0 Å². The van der Waals surface area contributed by atoms with Gasteiger partial charge in [-0.15, -0.1) is 11.3 Å². The van der Waals surface area contributed by atoms with Crippen molar-refractivity contribution in [1.82, 2.24) is 4.72 Å². The van der Waals surface area contributed by atoms with Gasteiger partial charge in [-0.1, -0.05) is 11.6 Å². The molecule has 0 saturated heterocycles. The van der Waals surface area contributed by atoms with E-state index in [9.17, 15) is 0 Å². The van der Waals surface area contributed by atoms with Gasteiger partial charge in [0, 0.05) is 5.56 Å². The van der Waals surface area contributed by atoms with Crippen molar-refractivity contribution in [2.24, 2.45) is 0 Å². The molecule has 1 N–H and O–H groups in total. The van der Waals surface area contributed by atoms with Gasteiger partial charge in [0.25, 0.3) is 0 Å². The average molecular weight is 178 g/mol. The Kier molecular flexibility index (Phi) is 1.45. The molecule has 1 nitrogen and oxygen atoms in total. The van der Waals surface area contributed by atoms with Gasteiger partial charge in [-0.2, -0.15) is 0 Å². The molecule has 1 atom stereocenters. The molecule has 0 bridgehead atoms. The standard InChI is InChI=1S/C5H4ClNS2/c6-4-3-1-2-8-5(3)9-7-4/h1-2,4,7H. The fourth-order valence-electron chi connectivity index (χ4n) is 0.745. The maximum Gasteiger partial charge on any atom is 0.119 e. The van der Waals surface area contributed by atoms with Gasteiger partial charge in [0.2, 0.25) is 0 Å². The summed E-state index contributed by atoms with van der Waals surface area (Å²) in [5, 5.41) is 2.06. The lowest BCUT2D eigenvalue weighted by Crippen LogP contribution is -1.97. The summed E-state index contributed by atoms with van der Waals surface area (Å²) in [5.74, 6) is 0. The summed E-state index contributed by atoms with van der Waals surface area (Å²) in [6.45, 7) is 0. The Balaban J connectivity index is 2.49. The molecule has 0 radical (unpaired) electrons. The van der Waals surface area contributed by atoms with Crippen LogP contribution in [0.5, 0.6) is 0 Å². The van der Waals surface area contributed by atoms with Crippen molar-refractivity contribution in [2.75, 3.05) is 0 Å². The van der Waals surface area contributed by atoms with Gasteiger partial charge in [-0.3, -0.25) is 0 Å². The predicted molar refractivity (Wildman–Crippen MR) is 41.9 cm³/mol. The number of hydrogen-bond acceptors (Lipinski definition) is 3. The van der Waals surface area contributed by atoms with Gasteiger partial charge in [0.05, 0.1) is 4.21 Å². The zero-order valence-electron chi connectivity index (χ0n) is 4.43. The van der Waals surface area contributed by atoms with Crippen LogP contribution in [-0.4, -0.2) is 0 Å². The fraction of sp³-hybridized carbons (Fsp3) is 0.200. The van der Waals surface area contributed by atoms with E-state index in [1.807, 2.05) is 0 Å². The van der Waals surface area contributed by atoms with Crippen LogP contribution in [0.25, 0.3) is 0 Å². The van der Waals surface area contributed by atoms with E-state index in [2.05, 4.69) is 16.2 Å². The minimum absolute atomic E-state index is 0.0243. The SMILES string of the molecule is ClC1NSc2sccc21. The van der Waals surface area contributed by atoms with E-state index in [0.717, 1.165) is 0 Å². The van der Waals surface area contributed by atoms with Crippen LogP contribution in [0.3, 0.4) is 0 Å².